The van der Waals surface area contributed by atoms with Gasteiger partial charge in [-0.05, 0) is 124 Å². The third-order valence-corrected chi connectivity index (χ3v) is 22.3. The van der Waals surface area contributed by atoms with Crippen LogP contribution in [0, 0.1) is 0 Å². The van der Waals surface area contributed by atoms with Crippen LogP contribution < -0.4 is 20.7 Å². The molecule has 5 heteroatoms. The van der Waals surface area contributed by atoms with E-state index in [1.165, 1.54) is 87.1 Å². The molecular formula is C81H54N4Si. The smallest absolute Gasteiger partial charge is 0.180 e. The first-order valence-electron chi connectivity index (χ1n) is 29.4. The van der Waals surface area contributed by atoms with Crippen LogP contribution in [0.2, 0.25) is 0 Å². The highest BCUT2D eigenvalue weighted by Crippen LogP contribution is 2.39. The van der Waals surface area contributed by atoms with E-state index in [2.05, 4.69) is 320 Å². The number of nitrogens with zero attached hydrogens (tertiary/aromatic N) is 4. The molecule has 1 aliphatic heterocycles. The van der Waals surface area contributed by atoms with E-state index in [1.54, 1.807) is 0 Å². The summed E-state index contributed by atoms with van der Waals surface area (Å²) in [6.07, 6.45) is 0. The minimum absolute atomic E-state index is 0.616. The van der Waals surface area contributed by atoms with Crippen molar-refractivity contribution < 1.29 is 0 Å². The van der Waals surface area contributed by atoms with Gasteiger partial charge in [-0.2, -0.15) is 0 Å². The van der Waals surface area contributed by atoms with Gasteiger partial charge >= 0.3 is 0 Å². The first-order valence-corrected chi connectivity index (χ1v) is 31.4. The van der Waals surface area contributed by atoms with Crippen LogP contribution in [0.3, 0.4) is 0 Å². The standard InChI is InChI=1S/C81H54N4Si/c1-6-18-55(19-7-1)60-30-34-63(35-31-60)79-82-80(64-36-32-61(33-37-64)56-20-8-2-9-21-56)84-81(83-79)65-40-46-69(47-41-65)86(77-50-42-66(58-24-12-4-13-25-58)52-73(77)74-53-67(43-51-78(74)86)59-26-14-5-15-27-59)70-48-49-76-72(54-70)71-28-16-17-29-75(71)85(76)68-44-38-62(39-45-68)57-22-10-3-11-23-57/h1-54H. The molecule has 4 nitrogen and oxygen atoms in total. The molecule has 0 N–H and O–H groups in total. The van der Waals surface area contributed by atoms with Crippen LogP contribution in [-0.2, 0) is 0 Å². The molecule has 0 bridgehead atoms. The van der Waals surface area contributed by atoms with Gasteiger partial charge in [-0.1, -0.05) is 291 Å². The maximum absolute atomic E-state index is 5.32. The molecule has 16 rings (SSSR count). The van der Waals surface area contributed by atoms with Crippen molar-refractivity contribution in [3.05, 3.63) is 328 Å². The minimum Gasteiger partial charge on any atom is -0.309 e. The summed E-state index contributed by atoms with van der Waals surface area (Å²) < 4.78 is 2.44. The highest BCUT2D eigenvalue weighted by Gasteiger charge is 2.49. The van der Waals surface area contributed by atoms with E-state index in [0.29, 0.717) is 17.5 Å². The van der Waals surface area contributed by atoms with Crippen molar-refractivity contribution >= 4 is 50.6 Å². The van der Waals surface area contributed by atoms with Crippen molar-refractivity contribution in [1.29, 1.82) is 0 Å². The second kappa shape index (κ2) is 21.3. The first kappa shape index (κ1) is 50.6. The molecular weight excluding hydrogens is 1060 g/mol. The fraction of sp³-hybridized carbons (Fsp3) is 0. The predicted octanol–water partition coefficient (Wildman–Crippen LogP) is 17.7. The second-order valence-corrected chi connectivity index (χ2v) is 26.0. The Morgan fingerprint density at radius 2 is 0.535 bits per heavy atom. The van der Waals surface area contributed by atoms with Gasteiger partial charge in [0.2, 0.25) is 0 Å². The maximum atomic E-state index is 5.32. The monoisotopic (exact) mass is 1110 g/mol. The van der Waals surface area contributed by atoms with E-state index >= 15 is 0 Å². The lowest BCUT2D eigenvalue weighted by molar-refractivity contribution is 1.07. The molecule has 402 valence electrons. The SMILES string of the molecule is c1ccc(-c2ccc(-c3nc(-c4ccc(-c5ccccc5)cc4)nc(-c4ccc([Si]5(c6ccc7c(c6)c6ccccc6n7-c6ccc(-c7ccccc7)cc6)c6ccc(-c7ccccc7)cc6-c6cc(-c7ccccc7)ccc65)cc4)n3)cc2)cc1. The number of rotatable bonds is 11. The molecule has 0 aliphatic carbocycles. The lowest BCUT2D eigenvalue weighted by Gasteiger charge is -2.32. The van der Waals surface area contributed by atoms with E-state index in [1.807, 2.05) is 12.1 Å². The normalized spacial score (nSPS) is 12.3. The first-order chi connectivity index (χ1) is 42.6. The van der Waals surface area contributed by atoms with Crippen LogP contribution >= 0.6 is 0 Å². The van der Waals surface area contributed by atoms with Gasteiger partial charge in [0.25, 0.3) is 0 Å². The highest BCUT2D eigenvalue weighted by atomic mass is 28.3. The van der Waals surface area contributed by atoms with E-state index in [0.717, 1.165) is 44.6 Å². The van der Waals surface area contributed by atoms with E-state index in [9.17, 15) is 0 Å². The molecule has 0 atom stereocenters. The molecule has 3 heterocycles. The lowest BCUT2D eigenvalue weighted by Crippen LogP contribution is -2.72. The molecule has 2 aromatic heterocycles. The Morgan fingerprint density at radius 1 is 0.221 bits per heavy atom. The third kappa shape index (κ3) is 8.80. The molecule has 0 saturated carbocycles. The van der Waals surface area contributed by atoms with E-state index in [4.69, 9.17) is 15.0 Å². The molecule has 1 aliphatic rings. The Bertz CT molecular complexity index is 4780. The molecule has 0 fully saturated rings. The average Bonchev–Trinajstić information content (AvgIpc) is 1.54. The number of hydrogen-bond donors (Lipinski definition) is 0. The van der Waals surface area contributed by atoms with Gasteiger partial charge in [0.1, 0.15) is 0 Å². The molecule has 0 saturated heterocycles. The molecule has 13 aromatic carbocycles. The quantitative estimate of drug-likeness (QED) is 0.121. The van der Waals surface area contributed by atoms with Crippen molar-refractivity contribution in [3.63, 3.8) is 0 Å². The van der Waals surface area contributed by atoms with Gasteiger partial charge in [0.15, 0.2) is 25.5 Å². The van der Waals surface area contributed by atoms with Crippen LogP contribution in [0.25, 0.3) is 128 Å². The molecule has 0 amide bonds. The zero-order valence-electron chi connectivity index (χ0n) is 47.0. The van der Waals surface area contributed by atoms with Crippen LogP contribution in [-0.4, -0.2) is 27.6 Å². The van der Waals surface area contributed by atoms with Crippen molar-refractivity contribution in [2.24, 2.45) is 0 Å². The topological polar surface area (TPSA) is 43.6 Å². The molecule has 86 heavy (non-hydrogen) atoms. The van der Waals surface area contributed by atoms with Gasteiger partial charge in [0, 0.05) is 33.2 Å². The summed E-state index contributed by atoms with van der Waals surface area (Å²) in [4.78, 5) is 15.8. The molecule has 0 radical (unpaired) electrons. The fourth-order valence-corrected chi connectivity index (χ4v) is 18.3. The number of para-hydroxylation sites is 1. The van der Waals surface area contributed by atoms with Crippen molar-refractivity contribution in [2.45, 2.75) is 0 Å². The van der Waals surface area contributed by atoms with E-state index < -0.39 is 8.07 Å². The lowest BCUT2D eigenvalue weighted by atomic mass is 9.96. The second-order valence-electron chi connectivity index (χ2n) is 22.3. The summed E-state index contributed by atoms with van der Waals surface area (Å²) in [6.45, 7) is 0. The van der Waals surface area contributed by atoms with Gasteiger partial charge < -0.3 is 4.57 Å². The minimum atomic E-state index is -3.17. The number of aromatic nitrogens is 4. The summed E-state index contributed by atoms with van der Waals surface area (Å²) in [5.74, 6) is 1.85. The van der Waals surface area contributed by atoms with Gasteiger partial charge in [-0.15, -0.1) is 0 Å². The van der Waals surface area contributed by atoms with Crippen LogP contribution in [0.5, 0.6) is 0 Å². The van der Waals surface area contributed by atoms with Crippen LogP contribution in [0.4, 0.5) is 0 Å². The zero-order chi connectivity index (χ0) is 57.0. The summed E-state index contributed by atoms with van der Waals surface area (Å²) in [5, 5.41) is 7.79. The Labute approximate surface area is 501 Å². The summed E-state index contributed by atoms with van der Waals surface area (Å²) in [5.41, 5.74) is 20.6. The Kier molecular flexibility index (Phi) is 12.5. The number of fused-ring (bicyclic) bond motifs is 6. The van der Waals surface area contributed by atoms with Gasteiger partial charge in [0.05, 0.1) is 11.0 Å². The van der Waals surface area contributed by atoms with Crippen LogP contribution in [0.1, 0.15) is 0 Å². The maximum Gasteiger partial charge on any atom is 0.180 e. The summed E-state index contributed by atoms with van der Waals surface area (Å²) in [6, 6.07) is 119. The Balaban J connectivity index is 0.890. The highest BCUT2D eigenvalue weighted by molar-refractivity contribution is 7.22. The van der Waals surface area contributed by atoms with Crippen molar-refractivity contribution in [2.75, 3.05) is 0 Å². The Hall–Kier alpha value is -11.1. The van der Waals surface area contributed by atoms with Crippen molar-refractivity contribution in [3.8, 4) is 107 Å². The largest absolute Gasteiger partial charge is 0.309 e. The third-order valence-electron chi connectivity index (χ3n) is 17.4. The average molecular weight is 1110 g/mol. The summed E-state index contributed by atoms with van der Waals surface area (Å²) >= 11 is 0. The Morgan fingerprint density at radius 3 is 0.965 bits per heavy atom. The predicted molar refractivity (Wildman–Crippen MR) is 360 cm³/mol. The number of hydrogen-bond acceptors (Lipinski definition) is 3. The van der Waals surface area contributed by atoms with E-state index in [-0.39, 0.29) is 0 Å². The molecule has 0 unspecified atom stereocenters. The van der Waals surface area contributed by atoms with Crippen LogP contribution in [0.15, 0.2) is 328 Å². The fourth-order valence-electron chi connectivity index (χ4n) is 13.2. The number of benzene rings is 13. The molecule has 0 spiro atoms. The summed E-state index contributed by atoms with van der Waals surface area (Å²) in [7, 11) is -3.17. The zero-order valence-corrected chi connectivity index (χ0v) is 48.0. The molecule has 15 aromatic rings. The van der Waals surface area contributed by atoms with Gasteiger partial charge in [-0.3, -0.25) is 0 Å². The van der Waals surface area contributed by atoms with Crippen molar-refractivity contribution in [1.82, 2.24) is 19.5 Å². The van der Waals surface area contributed by atoms with Gasteiger partial charge in [-0.25, -0.2) is 15.0 Å².